The van der Waals surface area contributed by atoms with Crippen LogP contribution in [-0.4, -0.2) is 38.1 Å². The third-order valence-corrected chi connectivity index (χ3v) is 7.42. The van der Waals surface area contributed by atoms with Crippen LogP contribution < -0.4 is 20.1 Å². The predicted molar refractivity (Wildman–Crippen MR) is 142 cm³/mol. The molecule has 0 heterocycles. The maximum Gasteiger partial charge on any atom is 0.258 e. The Morgan fingerprint density at radius 3 is 1.31 bits per heavy atom. The largest absolute Gasteiger partial charge is 0.484 e. The number of hydrogen-bond acceptors (Lipinski definition) is 4. The van der Waals surface area contributed by atoms with Crippen LogP contribution in [0.4, 0.5) is 0 Å². The van der Waals surface area contributed by atoms with Gasteiger partial charge in [0.25, 0.3) is 11.8 Å². The summed E-state index contributed by atoms with van der Waals surface area (Å²) in [6, 6.07) is 16.2. The lowest BCUT2D eigenvalue weighted by Gasteiger charge is -2.22. The molecule has 2 N–H and O–H groups in total. The van der Waals surface area contributed by atoms with E-state index in [4.69, 9.17) is 9.47 Å². The molecule has 2 aliphatic rings. The molecule has 4 rings (SSSR count). The first-order valence-corrected chi connectivity index (χ1v) is 13.7. The van der Waals surface area contributed by atoms with E-state index in [-0.39, 0.29) is 25.0 Å². The Labute approximate surface area is 215 Å². The van der Waals surface area contributed by atoms with Crippen LogP contribution in [0.5, 0.6) is 11.5 Å². The van der Waals surface area contributed by atoms with Gasteiger partial charge in [-0.25, -0.2) is 0 Å². The van der Waals surface area contributed by atoms with E-state index in [1.807, 2.05) is 24.3 Å². The third kappa shape index (κ3) is 8.28. The molecule has 2 aliphatic carbocycles. The van der Waals surface area contributed by atoms with Crippen molar-refractivity contribution in [2.45, 2.75) is 76.0 Å². The molecule has 0 saturated heterocycles. The molecule has 0 unspecified atom stereocenters. The Morgan fingerprint density at radius 1 is 0.583 bits per heavy atom. The third-order valence-electron chi connectivity index (χ3n) is 7.42. The van der Waals surface area contributed by atoms with Crippen molar-refractivity contribution >= 4 is 11.8 Å². The highest BCUT2D eigenvalue weighted by Gasteiger charge is 2.16. The van der Waals surface area contributed by atoms with Gasteiger partial charge < -0.3 is 20.1 Å². The first kappa shape index (κ1) is 26.1. The number of nitrogens with one attached hydrogen (secondary N) is 2. The molecule has 194 valence electrons. The average molecular weight is 493 g/mol. The molecular formula is C30H40N2O4. The van der Waals surface area contributed by atoms with Crippen LogP contribution in [0.2, 0.25) is 0 Å². The monoisotopic (exact) mass is 492 g/mol. The lowest BCUT2D eigenvalue weighted by molar-refractivity contribution is -0.124. The highest BCUT2D eigenvalue weighted by Crippen LogP contribution is 2.34. The molecule has 2 aromatic rings. The summed E-state index contributed by atoms with van der Waals surface area (Å²) >= 11 is 0. The summed E-state index contributed by atoms with van der Waals surface area (Å²) < 4.78 is 11.2. The Morgan fingerprint density at radius 2 is 0.944 bits per heavy atom. The quantitative estimate of drug-likeness (QED) is 0.408. The maximum absolute atomic E-state index is 12.1. The highest BCUT2D eigenvalue weighted by atomic mass is 16.5. The van der Waals surface area contributed by atoms with Crippen LogP contribution in [0, 0.1) is 0 Å². The summed E-state index contributed by atoms with van der Waals surface area (Å²) in [7, 11) is 0. The topological polar surface area (TPSA) is 76.7 Å². The van der Waals surface area contributed by atoms with E-state index in [1.54, 1.807) is 0 Å². The van der Waals surface area contributed by atoms with Gasteiger partial charge in [-0.1, -0.05) is 62.8 Å². The van der Waals surface area contributed by atoms with E-state index in [1.165, 1.54) is 75.3 Å². The normalized spacial score (nSPS) is 16.8. The van der Waals surface area contributed by atoms with E-state index in [9.17, 15) is 9.59 Å². The molecule has 0 radical (unpaired) electrons. The zero-order valence-corrected chi connectivity index (χ0v) is 21.3. The van der Waals surface area contributed by atoms with Crippen LogP contribution in [0.1, 0.15) is 87.2 Å². The summed E-state index contributed by atoms with van der Waals surface area (Å²) in [5.74, 6) is 2.28. The zero-order chi connectivity index (χ0) is 25.0. The van der Waals surface area contributed by atoms with Crippen LogP contribution in [0.25, 0.3) is 0 Å². The smallest absolute Gasteiger partial charge is 0.258 e. The van der Waals surface area contributed by atoms with Crippen molar-refractivity contribution in [2.75, 3.05) is 26.3 Å². The number of carbonyl (C=O) groups is 2. The second-order valence-corrected chi connectivity index (χ2v) is 10.1. The number of amides is 2. The molecule has 0 spiro atoms. The van der Waals surface area contributed by atoms with Crippen LogP contribution in [0.3, 0.4) is 0 Å². The lowest BCUT2D eigenvalue weighted by atomic mass is 9.84. The number of hydrogen-bond donors (Lipinski definition) is 2. The Bertz CT molecular complexity index is 866. The molecule has 6 nitrogen and oxygen atoms in total. The average Bonchev–Trinajstić information content (AvgIpc) is 2.94. The van der Waals surface area contributed by atoms with E-state index >= 15 is 0 Å². The number of ether oxygens (including phenoxy) is 2. The SMILES string of the molecule is O=C(COc1ccc(C2CCCCC2)cc1)NCCNC(=O)COc1ccc(C2CCCCC2)cc1. The van der Waals surface area contributed by atoms with Crippen LogP contribution in [0.15, 0.2) is 48.5 Å². The molecule has 0 bridgehead atoms. The van der Waals surface area contributed by atoms with Crippen molar-refractivity contribution in [3.63, 3.8) is 0 Å². The van der Waals surface area contributed by atoms with E-state index in [0.29, 0.717) is 36.4 Å². The summed E-state index contributed by atoms with van der Waals surface area (Å²) in [4.78, 5) is 24.1. The zero-order valence-electron chi connectivity index (χ0n) is 21.3. The predicted octanol–water partition coefficient (Wildman–Crippen LogP) is 5.47. The van der Waals surface area contributed by atoms with Crippen molar-refractivity contribution < 1.29 is 19.1 Å². The highest BCUT2D eigenvalue weighted by molar-refractivity contribution is 5.78. The second-order valence-electron chi connectivity index (χ2n) is 10.1. The Hall–Kier alpha value is -3.02. The van der Waals surface area contributed by atoms with Crippen LogP contribution in [-0.2, 0) is 9.59 Å². The molecular weight excluding hydrogens is 452 g/mol. The van der Waals surface area contributed by atoms with Crippen molar-refractivity contribution in [3.05, 3.63) is 59.7 Å². The van der Waals surface area contributed by atoms with Crippen LogP contribution >= 0.6 is 0 Å². The van der Waals surface area contributed by atoms with Gasteiger partial charge in [0.2, 0.25) is 0 Å². The minimum absolute atomic E-state index is 0.0450. The summed E-state index contributed by atoms with van der Waals surface area (Å²) in [6.07, 6.45) is 13.0. The summed E-state index contributed by atoms with van der Waals surface area (Å²) in [6.45, 7) is 0.586. The molecule has 6 heteroatoms. The lowest BCUT2D eigenvalue weighted by Crippen LogP contribution is -2.38. The minimum Gasteiger partial charge on any atom is -0.484 e. The fourth-order valence-electron chi connectivity index (χ4n) is 5.35. The van der Waals surface area contributed by atoms with Gasteiger partial charge in [0.05, 0.1) is 0 Å². The van der Waals surface area contributed by atoms with Gasteiger partial charge >= 0.3 is 0 Å². The Kier molecular flexibility index (Phi) is 10.1. The van der Waals surface area contributed by atoms with E-state index in [0.717, 1.165) is 0 Å². The molecule has 0 aromatic heterocycles. The van der Waals surface area contributed by atoms with Crippen molar-refractivity contribution in [2.24, 2.45) is 0 Å². The maximum atomic E-state index is 12.1. The molecule has 36 heavy (non-hydrogen) atoms. The van der Waals surface area contributed by atoms with Crippen molar-refractivity contribution in [1.82, 2.24) is 10.6 Å². The van der Waals surface area contributed by atoms with Gasteiger partial charge in [-0.05, 0) is 72.9 Å². The minimum atomic E-state index is -0.213. The fraction of sp³-hybridized carbons (Fsp3) is 0.533. The molecule has 0 aliphatic heterocycles. The van der Waals surface area contributed by atoms with Gasteiger partial charge in [0.1, 0.15) is 11.5 Å². The van der Waals surface area contributed by atoms with Gasteiger partial charge in [0.15, 0.2) is 13.2 Å². The number of carbonyl (C=O) groups excluding carboxylic acids is 2. The first-order chi connectivity index (χ1) is 17.7. The molecule has 2 fully saturated rings. The van der Waals surface area contributed by atoms with Crippen molar-refractivity contribution in [3.8, 4) is 11.5 Å². The molecule has 2 amide bonds. The van der Waals surface area contributed by atoms with Crippen molar-refractivity contribution in [1.29, 1.82) is 0 Å². The Balaban J connectivity index is 1.06. The van der Waals surface area contributed by atoms with E-state index in [2.05, 4.69) is 34.9 Å². The molecule has 0 atom stereocenters. The fourth-order valence-corrected chi connectivity index (χ4v) is 5.35. The van der Waals surface area contributed by atoms with Gasteiger partial charge in [0, 0.05) is 13.1 Å². The number of rotatable bonds is 11. The molecule has 2 saturated carbocycles. The summed E-state index contributed by atoms with van der Waals surface area (Å²) in [5, 5.41) is 5.53. The van der Waals surface area contributed by atoms with Gasteiger partial charge in [-0.2, -0.15) is 0 Å². The van der Waals surface area contributed by atoms with E-state index < -0.39 is 0 Å². The molecule has 2 aromatic carbocycles. The summed E-state index contributed by atoms with van der Waals surface area (Å²) in [5.41, 5.74) is 2.73. The standard InChI is InChI=1S/C30H40N2O4/c33-29(21-35-27-15-11-25(12-16-27)23-7-3-1-4-8-23)31-19-20-32-30(34)22-36-28-17-13-26(14-18-28)24-9-5-2-6-10-24/h11-18,23-24H,1-10,19-22H2,(H,31,33)(H,32,34). The van der Waals surface area contributed by atoms with Gasteiger partial charge in [-0.3, -0.25) is 9.59 Å². The second kappa shape index (κ2) is 13.9. The first-order valence-electron chi connectivity index (χ1n) is 13.7. The van der Waals surface area contributed by atoms with Gasteiger partial charge in [-0.15, -0.1) is 0 Å². The number of benzene rings is 2.